The summed E-state index contributed by atoms with van der Waals surface area (Å²) in [5.74, 6) is 2.24. The monoisotopic (exact) mass is 568 g/mol. The highest BCUT2D eigenvalue weighted by Crippen LogP contribution is 2.39. The maximum atomic E-state index is 12.5. The number of hydrogen-bond donors (Lipinski definition) is 0. The normalized spacial score (nSPS) is 22.5. The third-order valence-corrected chi connectivity index (χ3v) is 7.70. The van der Waals surface area contributed by atoms with E-state index in [9.17, 15) is 4.79 Å². The minimum Gasteiger partial charge on any atom is -0.494 e. The van der Waals surface area contributed by atoms with Gasteiger partial charge >= 0.3 is 5.97 Å². The fourth-order valence-corrected chi connectivity index (χ4v) is 5.07. The predicted octanol–water partition coefficient (Wildman–Crippen LogP) is 6.00. The van der Waals surface area contributed by atoms with Crippen LogP contribution in [0.4, 0.5) is 0 Å². The molecule has 0 bridgehead atoms. The Morgan fingerprint density at radius 1 is 0.683 bits per heavy atom. The minimum absolute atomic E-state index is 0.342. The first-order chi connectivity index (χ1) is 20.2. The molecule has 4 unspecified atom stereocenters. The van der Waals surface area contributed by atoms with Gasteiger partial charge in [-0.25, -0.2) is 4.79 Å². The van der Waals surface area contributed by atoms with Crippen molar-refractivity contribution in [2.24, 2.45) is 5.92 Å². The van der Waals surface area contributed by atoms with Crippen molar-refractivity contribution in [2.75, 3.05) is 46.2 Å². The largest absolute Gasteiger partial charge is 0.494 e. The van der Waals surface area contributed by atoms with E-state index < -0.39 is 5.97 Å². The molecule has 41 heavy (non-hydrogen) atoms. The lowest BCUT2D eigenvalue weighted by atomic mass is 9.90. The summed E-state index contributed by atoms with van der Waals surface area (Å²) < 4.78 is 39.3. The zero-order valence-corrected chi connectivity index (χ0v) is 24.0. The van der Waals surface area contributed by atoms with E-state index in [1.807, 2.05) is 12.1 Å². The summed E-state index contributed by atoms with van der Waals surface area (Å²) in [4.78, 5) is 12.5. The van der Waals surface area contributed by atoms with Gasteiger partial charge in [0.15, 0.2) is 0 Å². The number of unbranched alkanes of at least 4 members (excludes halogenated alkanes) is 4. The van der Waals surface area contributed by atoms with Crippen LogP contribution in [-0.4, -0.2) is 70.5 Å². The number of rotatable bonds is 20. The molecule has 3 fully saturated rings. The molecule has 0 N–H and O–H groups in total. The van der Waals surface area contributed by atoms with Crippen LogP contribution in [0, 0.1) is 5.92 Å². The molecule has 0 amide bonds. The number of benzene rings is 2. The Labute approximate surface area is 243 Å². The van der Waals surface area contributed by atoms with Crippen LogP contribution in [0.3, 0.4) is 0 Å². The molecular weight excluding hydrogens is 524 g/mol. The topological polar surface area (TPSA) is 88.3 Å². The number of esters is 1. The summed E-state index contributed by atoms with van der Waals surface area (Å²) in [6.07, 6.45) is 11.2. The molecule has 1 saturated carbocycles. The van der Waals surface area contributed by atoms with E-state index in [4.69, 9.17) is 33.2 Å². The standard InChI is InChI=1S/C33H44O8/c34-33(40-29-14-12-28(13-15-29)37-19-4-2-1-3-17-36-23-30-24-39-30)26-8-10-27(11-9-26)38-20-6-5-18-35-22-25-7-16-31-32(21-25)41-31/h8-15,25,30-32H,1-7,16-24H2. The van der Waals surface area contributed by atoms with Gasteiger partial charge in [0.05, 0.1) is 44.2 Å². The van der Waals surface area contributed by atoms with Gasteiger partial charge in [-0.05, 0) is 106 Å². The van der Waals surface area contributed by atoms with Crippen LogP contribution in [0.5, 0.6) is 17.2 Å². The second kappa shape index (κ2) is 16.1. The lowest BCUT2D eigenvalue weighted by Crippen LogP contribution is -2.18. The average Bonchev–Trinajstić information content (AvgIpc) is 3.93. The maximum absolute atomic E-state index is 12.5. The quantitative estimate of drug-likeness (QED) is 0.0832. The maximum Gasteiger partial charge on any atom is 0.343 e. The second-order valence-corrected chi connectivity index (χ2v) is 11.2. The zero-order valence-electron chi connectivity index (χ0n) is 24.0. The van der Waals surface area contributed by atoms with Gasteiger partial charge in [0.1, 0.15) is 23.4 Å². The lowest BCUT2D eigenvalue weighted by molar-refractivity contribution is 0.0734. The van der Waals surface area contributed by atoms with Gasteiger partial charge in [0.2, 0.25) is 0 Å². The Hall–Kier alpha value is -2.65. The fourth-order valence-electron chi connectivity index (χ4n) is 5.07. The van der Waals surface area contributed by atoms with Crippen LogP contribution in [0.25, 0.3) is 0 Å². The number of hydrogen-bond acceptors (Lipinski definition) is 8. The second-order valence-electron chi connectivity index (χ2n) is 11.2. The molecule has 4 atom stereocenters. The molecule has 2 aromatic rings. The average molecular weight is 569 g/mol. The van der Waals surface area contributed by atoms with Crippen molar-refractivity contribution in [2.45, 2.75) is 76.1 Å². The van der Waals surface area contributed by atoms with Crippen LogP contribution < -0.4 is 14.2 Å². The lowest BCUT2D eigenvalue weighted by Gasteiger charge is -2.18. The van der Waals surface area contributed by atoms with Gasteiger partial charge in [0.25, 0.3) is 0 Å². The van der Waals surface area contributed by atoms with E-state index in [2.05, 4.69) is 0 Å². The van der Waals surface area contributed by atoms with Crippen molar-refractivity contribution in [3.05, 3.63) is 54.1 Å². The van der Waals surface area contributed by atoms with Crippen molar-refractivity contribution in [3.63, 3.8) is 0 Å². The Balaban J connectivity index is 0.880. The van der Waals surface area contributed by atoms with E-state index in [1.165, 1.54) is 12.8 Å². The van der Waals surface area contributed by atoms with E-state index in [-0.39, 0.29) is 0 Å². The number of epoxide rings is 2. The first kappa shape index (κ1) is 29.8. The van der Waals surface area contributed by atoms with Gasteiger partial charge in [-0.2, -0.15) is 0 Å². The smallest absolute Gasteiger partial charge is 0.343 e. The van der Waals surface area contributed by atoms with Crippen molar-refractivity contribution in [3.8, 4) is 17.2 Å². The molecule has 5 rings (SSSR count). The molecular formula is C33H44O8. The molecule has 224 valence electrons. The summed E-state index contributed by atoms with van der Waals surface area (Å²) in [7, 11) is 0. The van der Waals surface area contributed by atoms with Crippen molar-refractivity contribution < 1.29 is 38.0 Å². The Morgan fingerprint density at radius 3 is 1.95 bits per heavy atom. The van der Waals surface area contributed by atoms with E-state index in [0.29, 0.717) is 48.8 Å². The molecule has 2 heterocycles. The molecule has 2 aromatic carbocycles. The molecule has 2 saturated heterocycles. The first-order valence-electron chi connectivity index (χ1n) is 15.3. The minimum atomic E-state index is -0.405. The first-order valence-corrected chi connectivity index (χ1v) is 15.3. The molecule has 0 radical (unpaired) electrons. The predicted molar refractivity (Wildman–Crippen MR) is 154 cm³/mol. The number of carbonyl (C=O) groups is 1. The molecule has 0 aromatic heterocycles. The van der Waals surface area contributed by atoms with Crippen LogP contribution in [0.2, 0.25) is 0 Å². The Morgan fingerprint density at radius 2 is 1.27 bits per heavy atom. The third kappa shape index (κ3) is 10.9. The molecule has 0 spiro atoms. The van der Waals surface area contributed by atoms with Crippen molar-refractivity contribution in [1.82, 2.24) is 0 Å². The third-order valence-electron chi connectivity index (χ3n) is 7.70. The Kier molecular flexibility index (Phi) is 11.7. The highest BCUT2D eigenvalue weighted by molar-refractivity contribution is 5.91. The molecule has 3 aliphatic rings. The molecule has 8 nitrogen and oxygen atoms in total. The summed E-state index contributed by atoms with van der Waals surface area (Å²) in [5, 5.41) is 0. The highest BCUT2D eigenvalue weighted by atomic mass is 16.6. The van der Waals surface area contributed by atoms with Crippen LogP contribution in [-0.2, 0) is 18.9 Å². The van der Waals surface area contributed by atoms with E-state index >= 15 is 0 Å². The summed E-state index contributed by atoms with van der Waals surface area (Å²) in [6, 6.07) is 14.2. The number of fused-ring (bicyclic) bond motifs is 1. The van der Waals surface area contributed by atoms with Gasteiger partial charge in [-0.1, -0.05) is 6.42 Å². The van der Waals surface area contributed by atoms with Crippen molar-refractivity contribution in [1.29, 1.82) is 0 Å². The highest BCUT2D eigenvalue weighted by Gasteiger charge is 2.43. The van der Waals surface area contributed by atoms with E-state index in [0.717, 1.165) is 89.5 Å². The van der Waals surface area contributed by atoms with E-state index in [1.54, 1.807) is 36.4 Å². The van der Waals surface area contributed by atoms with Crippen molar-refractivity contribution >= 4 is 5.97 Å². The van der Waals surface area contributed by atoms with Crippen LogP contribution in [0.15, 0.2) is 48.5 Å². The van der Waals surface area contributed by atoms with Crippen LogP contribution >= 0.6 is 0 Å². The zero-order chi connectivity index (χ0) is 28.1. The van der Waals surface area contributed by atoms with Gasteiger partial charge in [0, 0.05) is 19.8 Å². The van der Waals surface area contributed by atoms with Crippen LogP contribution in [0.1, 0.15) is 68.1 Å². The molecule has 1 aliphatic carbocycles. The molecule has 8 heteroatoms. The molecule has 2 aliphatic heterocycles. The summed E-state index contributed by atoms with van der Waals surface area (Å²) in [6.45, 7) is 5.26. The van der Waals surface area contributed by atoms with Gasteiger partial charge in [-0.3, -0.25) is 0 Å². The Bertz CT molecular complexity index is 1040. The van der Waals surface area contributed by atoms with Gasteiger partial charge < -0.3 is 33.2 Å². The van der Waals surface area contributed by atoms with Gasteiger partial charge in [-0.15, -0.1) is 0 Å². The summed E-state index contributed by atoms with van der Waals surface area (Å²) >= 11 is 0. The summed E-state index contributed by atoms with van der Waals surface area (Å²) in [5.41, 5.74) is 0.475. The SMILES string of the molecule is O=C(Oc1ccc(OCCCCCCOCC2CO2)cc1)c1ccc(OCCCCOCC2CCC3OC3C2)cc1. The number of carbonyl (C=O) groups excluding carboxylic acids is 1. The fraction of sp³-hybridized carbons (Fsp3) is 0.606. The number of ether oxygens (including phenoxy) is 7.